The number of phenols is 2. The second-order valence-corrected chi connectivity index (χ2v) is 8.88. The number of thioether (sulfide) groups is 1. The van der Waals surface area contributed by atoms with Gasteiger partial charge in [-0.2, -0.15) is 0 Å². The fraction of sp³-hybridized carbons (Fsp3) is 0.240. The molecular weight excluding hydrogens is 413 g/mol. The predicted octanol–water partition coefficient (Wildman–Crippen LogP) is 6.43. The van der Waals surface area contributed by atoms with Crippen molar-refractivity contribution < 1.29 is 19.4 Å². The van der Waals surface area contributed by atoms with E-state index in [2.05, 4.69) is 0 Å². The molecule has 160 valence electrons. The van der Waals surface area contributed by atoms with Crippen molar-refractivity contribution in [2.24, 2.45) is 0 Å². The number of rotatable bonds is 7. The number of para-hydroxylation sites is 1. The molecule has 1 saturated heterocycles. The van der Waals surface area contributed by atoms with Crippen molar-refractivity contribution in [3.8, 4) is 11.5 Å². The first-order valence-electron chi connectivity index (χ1n) is 10.3. The van der Waals surface area contributed by atoms with E-state index in [-0.39, 0.29) is 33.8 Å². The van der Waals surface area contributed by atoms with Gasteiger partial charge in [-0.25, -0.2) is 4.39 Å². The third-order valence-electron chi connectivity index (χ3n) is 5.56. The zero-order valence-electron chi connectivity index (χ0n) is 16.9. The third-order valence-corrected chi connectivity index (χ3v) is 6.76. The van der Waals surface area contributed by atoms with Crippen molar-refractivity contribution in [2.75, 3.05) is 4.90 Å². The van der Waals surface area contributed by atoms with Crippen LogP contribution in [0.2, 0.25) is 0 Å². The van der Waals surface area contributed by atoms with E-state index in [1.807, 2.05) is 30.3 Å². The van der Waals surface area contributed by atoms with Crippen molar-refractivity contribution in [1.82, 2.24) is 0 Å². The molecule has 0 spiro atoms. The number of amides is 1. The van der Waals surface area contributed by atoms with Gasteiger partial charge in [0.25, 0.3) is 5.24 Å². The Morgan fingerprint density at radius 2 is 1.68 bits per heavy atom. The Balaban J connectivity index is 1.52. The van der Waals surface area contributed by atoms with E-state index < -0.39 is 0 Å². The van der Waals surface area contributed by atoms with Gasteiger partial charge in [-0.05, 0) is 61.2 Å². The third kappa shape index (κ3) is 4.85. The number of benzene rings is 3. The van der Waals surface area contributed by atoms with Gasteiger partial charge in [0, 0.05) is 22.6 Å². The monoisotopic (exact) mass is 437 g/mol. The highest BCUT2D eigenvalue weighted by atomic mass is 32.2. The molecule has 3 aromatic rings. The molecular formula is C25H24FNO3S. The smallest absolute Gasteiger partial charge is 0.287 e. The average molecular weight is 438 g/mol. The van der Waals surface area contributed by atoms with Gasteiger partial charge in [-0.1, -0.05) is 48.5 Å². The van der Waals surface area contributed by atoms with Crippen molar-refractivity contribution >= 4 is 22.7 Å². The summed E-state index contributed by atoms with van der Waals surface area (Å²) in [6.07, 6.45) is 3.48. The molecule has 4 nitrogen and oxygen atoms in total. The molecule has 2 N–H and O–H groups in total. The minimum atomic E-state index is -0.327. The maximum atomic E-state index is 13.1. The molecule has 0 bridgehead atoms. The van der Waals surface area contributed by atoms with E-state index >= 15 is 0 Å². The Morgan fingerprint density at radius 3 is 2.39 bits per heavy atom. The maximum absolute atomic E-state index is 13.1. The Hall–Kier alpha value is -2.99. The van der Waals surface area contributed by atoms with Crippen LogP contribution in [0.1, 0.15) is 36.4 Å². The van der Waals surface area contributed by atoms with Crippen LogP contribution in [0.3, 0.4) is 0 Å². The lowest BCUT2D eigenvalue weighted by atomic mass is 9.96. The van der Waals surface area contributed by atoms with Gasteiger partial charge in [0.05, 0.1) is 6.04 Å². The minimum Gasteiger partial charge on any atom is -0.508 e. The van der Waals surface area contributed by atoms with Crippen molar-refractivity contribution in [2.45, 2.75) is 37.0 Å². The summed E-state index contributed by atoms with van der Waals surface area (Å²) in [7, 11) is 0. The molecule has 2 unspecified atom stereocenters. The summed E-state index contributed by atoms with van der Waals surface area (Å²) in [6, 6.07) is 20.2. The first kappa shape index (κ1) is 21.2. The Kier molecular flexibility index (Phi) is 6.47. The maximum Gasteiger partial charge on any atom is 0.287 e. The van der Waals surface area contributed by atoms with Crippen LogP contribution in [-0.2, 0) is 6.42 Å². The van der Waals surface area contributed by atoms with E-state index in [0.29, 0.717) is 5.56 Å². The Morgan fingerprint density at radius 1 is 0.935 bits per heavy atom. The van der Waals surface area contributed by atoms with Gasteiger partial charge >= 0.3 is 0 Å². The lowest BCUT2D eigenvalue weighted by molar-refractivity contribution is 0.264. The van der Waals surface area contributed by atoms with Gasteiger partial charge in [-0.15, -0.1) is 0 Å². The van der Waals surface area contributed by atoms with Crippen LogP contribution >= 0.6 is 11.8 Å². The van der Waals surface area contributed by atoms with Crippen LogP contribution in [-0.4, -0.2) is 20.7 Å². The molecule has 0 saturated carbocycles. The van der Waals surface area contributed by atoms with E-state index in [0.717, 1.165) is 36.9 Å². The quantitative estimate of drug-likeness (QED) is 0.418. The molecule has 2 atom stereocenters. The molecule has 1 aliphatic heterocycles. The van der Waals surface area contributed by atoms with Gasteiger partial charge in [0.1, 0.15) is 17.3 Å². The number of phenolic OH excluding ortho intramolecular Hbond substituents is 2. The number of unbranched alkanes of at least 4 members (excludes halogenated alkanes) is 1. The van der Waals surface area contributed by atoms with Gasteiger partial charge in [-0.3, -0.25) is 9.69 Å². The number of hydrogen-bond acceptors (Lipinski definition) is 4. The summed E-state index contributed by atoms with van der Waals surface area (Å²) in [5.74, 6) is -0.264. The van der Waals surface area contributed by atoms with Crippen LogP contribution < -0.4 is 4.90 Å². The second kappa shape index (κ2) is 9.43. The first-order chi connectivity index (χ1) is 15.0. The molecule has 6 heteroatoms. The highest BCUT2D eigenvalue weighted by Crippen LogP contribution is 2.48. The number of hydrogen-bond donors (Lipinski definition) is 2. The number of nitrogens with zero attached hydrogens (tertiary/aromatic N) is 1. The predicted molar refractivity (Wildman–Crippen MR) is 122 cm³/mol. The molecule has 0 aromatic heterocycles. The standard InChI is InChI=1S/C25H24FNO3S/c26-18-12-10-17(11-13-18)6-4-5-9-23-24(21-15-14-20(28)16-22(21)29)27(25(30)31-23)19-7-2-1-3-8-19/h1-3,7-8,10-16,23-24,28-29H,4-6,9H2. The number of carbonyl (C=O) groups excluding carboxylic acids is 1. The molecule has 31 heavy (non-hydrogen) atoms. The summed E-state index contributed by atoms with van der Waals surface area (Å²) in [5, 5.41) is 20.2. The Bertz CT molecular complexity index is 1040. The van der Waals surface area contributed by atoms with Crippen molar-refractivity contribution in [1.29, 1.82) is 0 Å². The molecule has 4 rings (SSSR count). The van der Waals surface area contributed by atoms with Crippen LogP contribution in [0, 0.1) is 5.82 Å². The van der Waals surface area contributed by atoms with Crippen LogP contribution in [0.5, 0.6) is 11.5 Å². The molecule has 3 aromatic carbocycles. The highest BCUT2D eigenvalue weighted by molar-refractivity contribution is 8.14. The van der Waals surface area contributed by atoms with E-state index in [4.69, 9.17) is 0 Å². The highest BCUT2D eigenvalue weighted by Gasteiger charge is 2.43. The Labute approximate surface area is 185 Å². The van der Waals surface area contributed by atoms with E-state index in [9.17, 15) is 19.4 Å². The van der Waals surface area contributed by atoms with E-state index in [1.54, 1.807) is 23.1 Å². The molecule has 1 amide bonds. The summed E-state index contributed by atoms with van der Waals surface area (Å²) < 4.78 is 13.1. The van der Waals surface area contributed by atoms with Gasteiger partial charge in [0.15, 0.2) is 0 Å². The zero-order valence-corrected chi connectivity index (χ0v) is 17.8. The average Bonchev–Trinajstić information content (AvgIpc) is 3.09. The summed E-state index contributed by atoms with van der Waals surface area (Å²) >= 11 is 1.30. The first-order valence-corrected chi connectivity index (χ1v) is 11.2. The van der Waals surface area contributed by atoms with Crippen LogP contribution in [0.4, 0.5) is 14.9 Å². The lowest BCUT2D eigenvalue weighted by Gasteiger charge is -2.28. The summed E-state index contributed by atoms with van der Waals surface area (Å²) in [4.78, 5) is 14.7. The molecule has 1 fully saturated rings. The molecule has 0 aliphatic carbocycles. The number of anilines is 1. The van der Waals surface area contributed by atoms with E-state index in [1.165, 1.54) is 36.0 Å². The van der Waals surface area contributed by atoms with Gasteiger partial charge < -0.3 is 10.2 Å². The SMILES string of the molecule is O=C1SC(CCCCc2ccc(F)cc2)C(c2ccc(O)cc2O)N1c1ccccc1. The van der Waals surface area contributed by atoms with Gasteiger partial charge in [0.2, 0.25) is 0 Å². The minimum absolute atomic E-state index is 0.0136. The zero-order chi connectivity index (χ0) is 21.8. The number of aromatic hydroxyl groups is 2. The largest absolute Gasteiger partial charge is 0.508 e. The van der Waals surface area contributed by atoms with Crippen molar-refractivity contribution in [3.05, 3.63) is 89.7 Å². The number of halogens is 1. The lowest BCUT2D eigenvalue weighted by Crippen LogP contribution is -2.29. The molecule has 1 aliphatic rings. The summed E-state index contributed by atoms with van der Waals surface area (Å²) in [6.45, 7) is 0. The fourth-order valence-electron chi connectivity index (χ4n) is 4.05. The molecule has 1 heterocycles. The van der Waals surface area contributed by atoms with Crippen LogP contribution in [0.25, 0.3) is 0 Å². The summed E-state index contributed by atoms with van der Waals surface area (Å²) in [5.41, 5.74) is 2.50. The van der Waals surface area contributed by atoms with Crippen molar-refractivity contribution in [3.63, 3.8) is 0 Å². The fourth-order valence-corrected chi connectivity index (χ4v) is 5.32. The number of carbonyl (C=O) groups is 1. The number of aryl methyl sites for hydroxylation is 1. The van der Waals surface area contributed by atoms with Crippen LogP contribution in [0.15, 0.2) is 72.8 Å². The second-order valence-electron chi connectivity index (χ2n) is 7.69. The molecule has 0 radical (unpaired) electrons. The topological polar surface area (TPSA) is 60.8 Å². The normalized spacial score (nSPS) is 18.5.